The van der Waals surface area contributed by atoms with Crippen molar-refractivity contribution in [2.45, 2.75) is 39.2 Å². The molecule has 0 spiro atoms. The highest BCUT2D eigenvalue weighted by Gasteiger charge is 2.29. The zero-order valence-corrected chi connectivity index (χ0v) is 15.7. The summed E-state index contributed by atoms with van der Waals surface area (Å²) >= 11 is 0. The lowest BCUT2D eigenvalue weighted by molar-refractivity contribution is -0.302. The summed E-state index contributed by atoms with van der Waals surface area (Å²) in [5.41, 5.74) is 2.65. The molecule has 1 saturated carbocycles. The zero-order chi connectivity index (χ0) is 18.8. The van der Waals surface area contributed by atoms with E-state index in [-0.39, 0.29) is 5.82 Å². The second kappa shape index (κ2) is 7.61. The van der Waals surface area contributed by atoms with Gasteiger partial charge in [-0.15, -0.1) is 0 Å². The molecule has 1 aliphatic carbocycles. The molecule has 0 N–H and O–H groups in total. The Morgan fingerprint density at radius 3 is 2.42 bits per heavy atom. The number of likely N-dealkylation sites (N-methyl/N-ethyl adjacent to an activating group) is 1. The number of nitrogens with zero attached hydrogens (tertiary/aromatic N) is 4. The first-order valence-corrected chi connectivity index (χ1v) is 9.22. The molecule has 7 heteroatoms. The fourth-order valence-electron chi connectivity index (χ4n) is 3.43. The van der Waals surface area contributed by atoms with Gasteiger partial charge in [-0.25, -0.2) is 9.37 Å². The molecule has 2 aromatic rings. The van der Waals surface area contributed by atoms with Gasteiger partial charge in [-0.1, -0.05) is 6.92 Å². The maximum atomic E-state index is 14.6. The summed E-state index contributed by atoms with van der Waals surface area (Å²) < 4.78 is 16.9. The van der Waals surface area contributed by atoms with E-state index in [1.165, 1.54) is 12.8 Å². The summed E-state index contributed by atoms with van der Waals surface area (Å²) in [5, 5.41) is 8.89. The van der Waals surface area contributed by atoms with E-state index in [4.69, 9.17) is 9.90 Å². The van der Waals surface area contributed by atoms with Crippen molar-refractivity contribution in [2.24, 2.45) is 0 Å². The lowest BCUT2D eigenvalue weighted by Crippen LogP contribution is -2.44. The third-order valence-corrected chi connectivity index (χ3v) is 4.90. The number of carboxylic acid groups (broad SMARTS) is 1. The van der Waals surface area contributed by atoms with Gasteiger partial charge in [0, 0.05) is 50.7 Å². The number of fused-ring (bicyclic) bond motifs is 1. The van der Waals surface area contributed by atoms with Crippen LogP contribution in [-0.4, -0.2) is 53.6 Å². The van der Waals surface area contributed by atoms with Crippen molar-refractivity contribution >= 4 is 22.7 Å². The molecule has 0 amide bonds. The van der Waals surface area contributed by atoms with Crippen LogP contribution in [0.1, 0.15) is 38.6 Å². The Morgan fingerprint density at radius 1 is 1.27 bits per heavy atom. The van der Waals surface area contributed by atoms with E-state index in [0.717, 1.165) is 62.1 Å². The molecular weight excluding hydrogens is 335 g/mol. The fraction of sp³-hybridized carbons (Fsp3) is 0.579. The minimum atomic E-state index is -1.08. The van der Waals surface area contributed by atoms with Gasteiger partial charge in [-0.05, 0) is 32.9 Å². The molecule has 142 valence electrons. The molecule has 2 fully saturated rings. The number of imidazole rings is 1. The zero-order valence-electron chi connectivity index (χ0n) is 15.7. The lowest BCUT2D eigenvalue weighted by Gasteiger charge is -2.34. The third-order valence-electron chi connectivity index (χ3n) is 4.90. The number of piperazine rings is 1. The van der Waals surface area contributed by atoms with E-state index >= 15 is 0 Å². The van der Waals surface area contributed by atoms with Gasteiger partial charge in [-0.3, -0.25) is 0 Å². The number of benzene rings is 1. The van der Waals surface area contributed by atoms with E-state index in [1.54, 1.807) is 6.07 Å². The molecule has 2 heterocycles. The predicted octanol–water partition coefficient (Wildman–Crippen LogP) is 1.58. The molecule has 0 atom stereocenters. The monoisotopic (exact) mass is 361 g/mol. The number of carbonyl (C=O) groups is 1. The first-order valence-electron chi connectivity index (χ1n) is 9.22. The normalized spacial score (nSPS) is 17.9. The number of hydrogen-bond acceptors (Lipinski definition) is 5. The topological polar surface area (TPSA) is 64.4 Å². The van der Waals surface area contributed by atoms with Gasteiger partial charge >= 0.3 is 0 Å². The predicted molar refractivity (Wildman–Crippen MR) is 97.7 cm³/mol. The summed E-state index contributed by atoms with van der Waals surface area (Å²) in [6, 6.07) is 4.23. The Kier molecular flexibility index (Phi) is 5.46. The van der Waals surface area contributed by atoms with Gasteiger partial charge < -0.3 is 24.3 Å². The highest BCUT2D eigenvalue weighted by molar-refractivity contribution is 5.81. The summed E-state index contributed by atoms with van der Waals surface area (Å²) in [7, 11) is 2.12. The molecule has 4 rings (SSSR count). The van der Waals surface area contributed by atoms with E-state index < -0.39 is 5.97 Å². The molecule has 0 bridgehead atoms. The third kappa shape index (κ3) is 3.98. The van der Waals surface area contributed by atoms with E-state index in [9.17, 15) is 4.39 Å². The number of rotatable bonds is 3. The molecular formula is C19H26FN4O2-. The average Bonchev–Trinajstić information content (AvgIpc) is 3.35. The largest absolute Gasteiger partial charge is 0.550 e. The maximum Gasteiger partial charge on any atom is 0.148 e. The summed E-state index contributed by atoms with van der Waals surface area (Å²) in [6.45, 7) is 6.84. The van der Waals surface area contributed by atoms with Crippen molar-refractivity contribution in [1.82, 2.24) is 14.5 Å². The fourth-order valence-corrected chi connectivity index (χ4v) is 3.43. The van der Waals surface area contributed by atoms with Crippen LogP contribution >= 0.6 is 0 Å². The number of carboxylic acids is 1. The molecule has 6 nitrogen and oxygen atoms in total. The van der Waals surface area contributed by atoms with E-state index in [2.05, 4.69) is 33.3 Å². The van der Waals surface area contributed by atoms with Crippen molar-refractivity contribution < 1.29 is 14.3 Å². The van der Waals surface area contributed by atoms with Crippen molar-refractivity contribution in [2.75, 3.05) is 38.1 Å². The minimum Gasteiger partial charge on any atom is -0.550 e. The molecule has 0 radical (unpaired) electrons. The van der Waals surface area contributed by atoms with Crippen molar-refractivity contribution in [3.05, 3.63) is 23.8 Å². The van der Waals surface area contributed by atoms with Gasteiger partial charge in [-0.2, -0.15) is 0 Å². The van der Waals surface area contributed by atoms with Crippen LogP contribution in [0.25, 0.3) is 11.0 Å². The van der Waals surface area contributed by atoms with Crippen molar-refractivity contribution in [3.63, 3.8) is 0 Å². The van der Waals surface area contributed by atoms with Crippen LogP contribution in [0.5, 0.6) is 0 Å². The van der Waals surface area contributed by atoms with Gasteiger partial charge in [0.25, 0.3) is 0 Å². The highest BCUT2D eigenvalue weighted by atomic mass is 19.1. The highest BCUT2D eigenvalue weighted by Crippen LogP contribution is 2.40. The van der Waals surface area contributed by atoms with E-state index in [1.807, 2.05) is 6.07 Å². The summed E-state index contributed by atoms with van der Waals surface area (Å²) in [4.78, 5) is 18.0. The average molecular weight is 361 g/mol. The molecule has 1 aromatic carbocycles. The molecule has 26 heavy (non-hydrogen) atoms. The van der Waals surface area contributed by atoms with Crippen LogP contribution in [0.3, 0.4) is 0 Å². The lowest BCUT2D eigenvalue weighted by atomic mass is 10.2. The second-order valence-corrected chi connectivity index (χ2v) is 7.06. The Hall–Kier alpha value is -2.15. The molecule has 1 aromatic heterocycles. The van der Waals surface area contributed by atoms with Crippen molar-refractivity contribution in [3.8, 4) is 0 Å². The molecule has 1 aliphatic heterocycles. The quantitative estimate of drug-likeness (QED) is 0.831. The Morgan fingerprint density at radius 2 is 1.88 bits per heavy atom. The number of anilines is 1. The molecule has 0 unspecified atom stereocenters. The second-order valence-electron chi connectivity index (χ2n) is 7.06. The summed E-state index contributed by atoms with van der Waals surface area (Å²) in [5.74, 6) is -0.132. The Balaban J connectivity index is 0.000000447. The van der Waals surface area contributed by atoms with Gasteiger partial charge in [0.2, 0.25) is 0 Å². The van der Waals surface area contributed by atoms with Gasteiger partial charge in [0.15, 0.2) is 0 Å². The number of carbonyl (C=O) groups excluding carboxylic acids is 1. The summed E-state index contributed by atoms with van der Waals surface area (Å²) in [6.07, 6.45) is 3.34. The molecule has 2 aliphatic rings. The first-order chi connectivity index (χ1) is 12.4. The smallest absolute Gasteiger partial charge is 0.148 e. The van der Waals surface area contributed by atoms with Crippen molar-refractivity contribution in [1.29, 1.82) is 0 Å². The van der Waals surface area contributed by atoms with Gasteiger partial charge in [0.1, 0.15) is 11.6 Å². The standard InChI is InChI=1S/C17H23FN4.C2H4O2/c1-3-17-19-14-10-13(18)15(21-8-6-20(2)7-9-21)11-16(14)22(17)12-4-5-12;1-2(3)4/h10-12H,3-9H2,1-2H3;1H3,(H,3,4)/p-1. The number of halogens is 1. The van der Waals surface area contributed by atoms with Crippen LogP contribution in [0, 0.1) is 5.82 Å². The van der Waals surface area contributed by atoms with E-state index in [0.29, 0.717) is 6.04 Å². The van der Waals surface area contributed by atoms with Crippen LogP contribution < -0.4 is 10.0 Å². The Bertz CT molecular complexity index is 788. The minimum absolute atomic E-state index is 0.139. The van der Waals surface area contributed by atoms with Gasteiger partial charge in [0.05, 0.1) is 16.7 Å². The number of aromatic nitrogens is 2. The van der Waals surface area contributed by atoms with Crippen LogP contribution in [-0.2, 0) is 11.2 Å². The SMILES string of the molecule is CC(=O)[O-].CCc1nc2cc(F)c(N3CCN(C)CC3)cc2n1C1CC1. The Labute approximate surface area is 153 Å². The number of aliphatic carboxylic acids is 1. The maximum absolute atomic E-state index is 14.6. The van der Waals surface area contributed by atoms with Crippen LogP contribution in [0.2, 0.25) is 0 Å². The number of hydrogen-bond donors (Lipinski definition) is 0. The first kappa shape index (κ1) is 18.6. The number of aryl methyl sites for hydroxylation is 1. The van der Waals surface area contributed by atoms with Crippen LogP contribution in [0.4, 0.5) is 10.1 Å². The molecule has 1 saturated heterocycles. The van der Waals surface area contributed by atoms with Crippen LogP contribution in [0.15, 0.2) is 12.1 Å².